The summed E-state index contributed by atoms with van der Waals surface area (Å²) in [6, 6.07) is 7.72. The van der Waals surface area contributed by atoms with Gasteiger partial charge < -0.3 is 10.2 Å². The van der Waals surface area contributed by atoms with Crippen LogP contribution < -0.4 is 5.32 Å². The van der Waals surface area contributed by atoms with Gasteiger partial charge in [-0.3, -0.25) is 9.59 Å². The lowest BCUT2D eigenvalue weighted by Crippen LogP contribution is -2.32. The minimum atomic E-state index is 0. The first-order chi connectivity index (χ1) is 10.7. The predicted octanol–water partition coefficient (Wildman–Crippen LogP) is 2.31. The van der Waals surface area contributed by atoms with Crippen LogP contribution in [0.25, 0.3) is 0 Å². The molecule has 2 saturated heterocycles. The van der Waals surface area contributed by atoms with Gasteiger partial charge in [0.15, 0.2) is 5.78 Å². The number of rotatable bonds is 5. The zero-order valence-corrected chi connectivity index (χ0v) is 14.4. The zero-order chi connectivity index (χ0) is 15.5. The summed E-state index contributed by atoms with van der Waals surface area (Å²) in [5.74, 6) is 1.42. The second kappa shape index (κ2) is 7.93. The van der Waals surface area contributed by atoms with Crippen LogP contribution in [0.2, 0.25) is 0 Å². The number of nitrogens with zero attached hydrogens (tertiary/aromatic N) is 1. The molecule has 0 saturated carbocycles. The summed E-state index contributed by atoms with van der Waals surface area (Å²) in [5, 5.41) is 3.37. The van der Waals surface area contributed by atoms with Crippen molar-refractivity contribution in [3.05, 3.63) is 35.4 Å². The van der Waals surface area contributed by atoms with E-state index in [0.29, 0.717) is 30.2 Å². The third kappa shape index (κ3) is 4.12. The second-order valence-electron chi connectivity index (χ2n) is 6.45. The molecule has 2 aliphatic rings. The van der Waals surface area contributed by atoms with Crippen LogP contribution in [0.4, 0.5) is 0 Å². The van der Waals surface area contributed by atoms with Gasteiger partial charge in [0.1, 0.15) is 0 Å². The van der Waals surface area contributed by atoms with Crippen molar-refractivity contribution in [3.63, 3.8) is 0 Å². The number of fused-ring (bicyclic) bond motifs is 1. The molecular formula is C18H25ClN2O2. The maximum atomic E-state index is 12.3. The number of carbonyl (C=O) groups excluding carboxylic acids is 2. The number of hydrogen-bond acceptors (Lipinski definition) is 3. The highest BCUT2D eigenvalue weighted by molar-refractivity contribution is 5.98. The number of amides is 1. The van der Waals surface area contributed by atoms with E-state index in [4.69, 9.17) is 0 Å². The van der Waals surface area contributed by atoms with Crippen molar-refractivity contribution in [3.8, 4) is 0 Å². The molecule has 126 valence electrons. The smallest absolute Gasteiger partial charge is 0.223 e. The number of aryl methyl sites for hydroxylation is 1. The average molecular weight is 337 g/mol. The van der Waals surface area contributed by atoms with Gasteiger partial charge in [-0.05, 0) is 23.8 Å². The lowest BCUT2D eigenvalue weighted by atomic mass is 10.0. The molecule has 2 heterocycles. The number of nitrogens with one attached hydrogen (secondary N) is 1. The topological polar surface area (TPSA) is 49.4 Å². The fraction of sp³-hybridized carbons (Fsp3) is 0.556. The largest absolute Gasteiger partial charge is 0.342 e. The predicted molar refractivity (Wildman–Crippen MR) is 93.1 cm³/mol. The first kappa shape index (κ1) is 18.0. The summed E-state index contributed by atoms with van der Waals surface area (Å²) in [6.07, 6.45) is 1.62. The highest BCUT2D eigenvalue weighted by atomic mass is 35.5. The summed E-state index contributed by atoms with van der Waals surface area (Å²) in [7, 11) is 0. The van der Waals surface area contributed by atoms with Gasteiger partial charge in [-0.25, -0.2) is 0 Å². The molecule has 2 atom stereocenters. The molecule has 5 heteroatoms. The van der Waals surface area contributed by atoms with Crippen molar-refractivity contribution in [1.82, 2.24) is 10.2 Å². The Labute approximate surface area is 144 Å². The van der Waals surface area contributed by atoms with Crippen LogP contribution in [0.5, 0.6) is 0 Å². The van der Waals surface area contributed by atoms with Gasteiger partial charge in [-0.15, -0.1) is 12.4 Å². The van der Waals surface area contributed by atoms with Gasteiger partial charge in [-0.2, -0.15) is 0 Å². The van der Waals surface area contributed by atoms with Crippen LogP contribution in [0.15, 0.2) is 24.3 Å². The van der Waals surface area contributed by atoms with E-state index in [-0.39, 0.29) is 24.1 Å². The summed E-state index contributed by atoms with van der Waals surface area (Å²) in [4.78, 5) is 26.4. The Balaban J connectivity index is 0.00000192. The van der Waals surface area contributed by atoms with Crippen molar-refractivity contribution in [2.45, 2.75) is 26.2 Å². The van der Waals surface area contributed by atoms with Gasteiger partial charge in [0, 0.05) is 44.6 Å². The fourth-order valence-electron chi connectivity index (χ4n) is 3.51. The average Bonchev–Trinajstić information content (AvgIpc) is 3.14. The zero-order valence-electron chi connectivity index (χ0n) is 13.6. The van der Waals surface area contributed by atoms with Crippen molar-refractivity contribution >= 4 is 24.1 Å². The molecule has 0 spiro atoms. The molecule has 0 radical (unpaired) electrons. The number of hydrogen-bond donors (Lipinski definition) is 1. The van der Waals surface area contributed by atoms with Crippen LogP contribution >= 0.6 is 12.4 Å². The van der Waals surface area contributed by atoms with Crippen LogP contribution in [-0.2, 0) is 11.2 Å². The molecule has 1 N–H and O–H groups in total. The lowest BCUT2D eigenvalue weighted by Gasteiger charge is -2.17. The summed E-state index contributed by atoms with van der Waals surface area (Å²) in [5.41, 5.74) is 1.94. The van der Waals surface area contributed by atoms with Gasteiger partial charge in [0.25, 0.3) is 0 Å². The number of benzene rings is 1. The first-order valence-corrected chi connectivity index (χ1v) is 8.28. The van der Waals surface area contributed by atoms with Gasteiger partial charge in [0.05, 0.1) is 0 Å². The molecule has 0 bridgehead atoms. The lowest BCUT2D eigenvalue weighted by molar-refractivity contribution is -0.130. The summed E-state index contributed by atoms with van der Waals surface area (Å²) >= 11 is 0. The Kier molecular flexibility index (Phi) is 6.19. The molecule has 0 unspecified atom stereocenters. The molecule has 2 fully saturated rings. The van der Waals surface area contributed by atoms with E-state index in [0.717, 1.165) is 32.6 Å². The fourth-order valence-corrected chi connectivity index (χ4v) is 3.51. The minimum absolute atomic E-state index is 0. The number of Topliss-reactive ketones (excluding diaryl/α,β-unsaturated/α-hetero) is 1. The van der Waals surface area contributed by atoms with E-state index < -0.39 is 0 Å². The van der Waals surface area contributed by atoms with Crippen molar-refractivity contribution in [2.75, 3.05) is 26.2 Å². The molecule has 0 aliphatic carbocycles. The standard InChI is InChI=1S/C18H24N2O2.ClH/c1-2-13-3-5-14(6-4-13)17(21)7-8-18(22)20-11-15-9-19-10-16(15)12-20;/h3-6,15-16,19H,2,7-12H2,1H3;1H/t15-,16+;. The van der Waals surface area contributed by atoms with Crippen LogP contribution in [0.3, 0.4) is 0 Å². The minimum Gasteiger partial charge on any atom is -0.342 e. The summed E-state index contributed by atoms with van der Waals surface area (Å²) < 4.78 is 0. The molecule has 4 nitrogen and oxygen atoms in total. The SMILES string of the molecule is CCc1ccc(C(=O)CCC(=O)N2C[C@H]3CNC[C@H]3C2)cc1.Cl. The number of halogens is 1. The number of carbonyl (C=O) groups is 2. The molecule has 2 aliphatic heterocycles. The van der Waals surface area contributed by atoms with Crippen molar-refractivity contribution in [1.29, 1.82) is 0 Å². The third-order valence-corrected chi connectivity index (χ3v) is 4.99. The summed E-state index contributed by atoms with van der Waals surface area (Å²) in [6.45, 7) is 5.86. The molecule has 3 rings (SSSR count). The second-order valence-corrected chi connectivity index (χ2v) is 6.45. The Bertz CT molecular complexity index is 547. The number of ketones is 1. The van der Waals surface area contributed by atoms with Crippen LogP contribution in [0, 0.1) is 11.8 Å². The monoisotopic (exact) mass is 336 g/mol. The molecule has 1 amide bonds. The van der Waals surface area contributed by atoms with Gasteiger partial charge >= 0.3 is 0 Å². The van der Waals surface area contributed by atoms with Crippen molar-refractivity contribution in [2.24, 2.45) is 11.8 Å². The van der Waals surface area contributed by atoms with E-state index in [9.17, 15) is 9.59 Å². The Morgan fingerprint density at radius 1 is 1.09 bits per heavy atom. The normalized spacial score (nSPS) is 22.6. The molecule has 1 aromatic carbocycles. The Hall–Kier alpha value is -1.39. The van der Waals surface area contributed by atoms with Crippen LogP contribution in [-0.4, -0.2) is 42.8 Å². The van der Waals surface area contributed by atoms with E-state index in [1.165, 1.54) is 5.56 Å². The molecule has 1 aromatic rings. The van der Waals surface area contributed by atoms with E-state index in [1.54, 1.807) is 0 Å². The van der Waals surface area contributed by atoms with Gasteiger partial charge in [0.2, 0.25) is 5.91 Å². The Morgan fingerprint density at radius 2 is 1.70 bits per heavy atom. The maximum absolute atomic E-state index is 12.3. The Morgan fingerprint density at radius 3 is 2.26 bits per heavy atom. The van der Waals surface area contributed by atoms with E-state index >= 15 is 0 Å². The maximum Gasteiger partial charge on any atom is 0.223 e. The highest BCUT2D eigenvalue weighted by Crippen LogP contribution is 2.26. The number of likely N-dealkylation sites (tertiary alicyclic amines) is 1. The molecule has 0 aromatic heterocycles. The molecular weight excluding hydrogens is 312 g/mol. The van der Waals surface area contributed by atoms with Crippen molar-refractivity contribution < 1.29 is 9.59 Å². The first-order valence-electron chi connectivity index (χ1n) is 8.28. The quantitative estimate of drug-likeness (QED) is 0.839. The van der Waals surface area contributed by atoms with E-state index in [2.05, 4.69) is 12.2 Å². The molecule has 23 heavy (non-hydrogen) atoms. The van der Waals surface area contributed by atoms with Gasteiger partial charge in [-0.1, -0.05) is 31.2 Å². The van der Waals surface area contributed by atoms with Crippen LogP contribution in [0.1, 0.15) is 35.7 Å². The highest BCUT2D eigenvalue weighted by Gasteiger charge is 2.37. The van der Waals surface area contributed by atoms with E-state index in [1.807, 2.05) is 29.2 Å². The third-order valence-electron chi connectivity index (χ3n) is 4.99.